The van der Waals surface area contributed by atoms with E-state index in [0.717, 1.165) is 37.1 Å². The van der Waals surface area contributed by atoms with E-state index in [1.54, 1.807) is 33.3 Å². The molecule has 1 aliphatic heterocycles. The Bertz CT molecular complexity index is 1290. The number of rotatable bonds is 5. The van der Waals surface area contributed by atoms with Crippen molar-refractivity contribution in [2.45, 2.75) is 57.3 Å². The standard InChI is InChI=1S/C24H31N5O3S/c1-16(2)21-15-20(22-17(3)27-28(4)23(22)26-21)24(30)25-18-10-9-11-19(14-18)33(31,32)29-12-7-5-6-8-13-29/h9-11,14-16H,5-8,12-13H2,1-4H3,(H,25,30). The Balaban J connectivity index is 1.67. The first kappa shape index (κ1) is 23.4. The van der Waals surface area contributed by atoms with Crippen LogP contribution in [0.4, 0.5) is 5.69 Å². The van der Waals surface area contributed by atoms with Gasteiger partial charge < -0.3 is 5.32 Å². The lowest BCUT2D eigenvalue weighted by Crippen LogP contribution is -2.32. The zero-order chi connectivity index (χ0) is 23.8. The van der Waals surface area contributed by atoms with E-state index >= 15 is 0 Å². The van der Waals surface area contributed by atoms with Gasteiger partial charge in [-0.1, -0.05) is 32.8 Å². The zero-order valence-corrected chi connectivity index (χ0v) is 20.4. The van der Waals surface area contributed by atoms with Crippen molar-refractivity contribution in [2.24, 2.45) is 7.05 Å². The van der Waals surface area contributed by atoms with Crippen molar-refractivity contribution in [1.82, 2.24) is 19.1 Å². The van der Waals surface area contributed by atoms with Crippen molar-refractivity contribution >= 4 is 32.7 Å². The van der Waals surface area contributed by atoms with Gasteiger partial charge in [0.2, 0.25) is 10.0 Å². The predicted octanol–water partition coefficient (Wildman–Crippen LogP) is 4.22. The highest BCUT2D eigenvalue weighted by Crippen LogP contribution is 2.27. The number of sulfonamides is 1. The average Bonchev–Trinajstić information content (AvgIpc) is 2.96. The van der Waals surface area contributed by atoms with Gasteiger partial charge in [-0.2, -0.15) is 9.40 Å². The number of pyridine rings is 1. The van der Waals surface area contributed by atoms with Gasteiger partial charge in [-0.3, -0.25) is 9.48 Å². The quantitative estimate of drug-likeness (QED) is 0.603. The van der Waals surface area contributed by atoms with E-state index in [1.807, 2.05) is 27.8 Å². The van der Waals surface area contributed by atoms with Gasteiger partial charge >= 0.3 is 0 Å². The normalized spacial score (nSPS) is 15.7. The van der Waals surface area contributed by atoms with Crippen LogP contribution >= 0.6 is 0 Å². The molecule has 1 aliphatic rings. The van der Waals surface area contributed by atoms with Crippen LogP contribution in [0, 0.1) is 6.92 Å². The molecule has 3 aromatic rings. The third-order valence-electron chi connectivity index (χ3n) is 6.12. The number of fused-ring (bicyclic) bond motifs is 1. The Kier molecular flexibility index (Phi) is 6.54. The molecule has 8 nitrogen and oxygen atoms in total. The molecule has 4 rings (SSSR count). The van der Waals surface area contributed by atoms with Gasteiger partial charge in [0.25, 0.3) is 5.91 Å². The second-order valence-corrected chi connectivity index (χ2v) is 10.9. The van der Waals surface area contributed by atoms with E-state index in [1.165, 1.54) is 6.07 Å². The lowest BCUT2D eigenvalue weighted by molar-refractivity contribution is 0.102. The molecule has 3 heterocycles. The minimum absolute atomic E-state index is 0.137. The molecular formula is C24H31N5O3S. The number of nitrogens with one attached hydrogen (secondary N) is 1. The van der Waals surface area contributed by atoms with E-state index in [4.69, 9.17) is 0 Å². The molecule has 1 saturated heterocycles. The smallest absolute Gasteiger partial charge is 0.256 e. The van der Waals surface area contributed by atoms with Crippen LogP contribution in [-0.2, 0) is 17.1 Å². The van der Waals surface area contributed by atoms with Crippen LogP contribution in [0.25, 0.3) is 11.0 Å². The SMILES string of the molecule is Cc1nn(C)c2nc(C(C)C)cc(C(=O)Nc3cccc(S(=O)(=O)N4CCCCCC4)c3)c12. The summed E-state index contributed by atoms with van der Waals surface area (Å²) in [6.45, 7) is 6.97. The Hall–Kier alpha value is -2.78. The summed E-state index contributed by atoms with van der Waals surface area (Å²) in [5, 5.41) is 8.03. The number of anilines is 1. The molecule has 0 unspecified atom stereocenters. The maximum atomic E-state index is 13.3. The van der Waals surface area contributed by atoms with Crippen LogP contribution in [0.3, 0.4) is 0 Å². The monoisotopic (exact) mass is 469 g/mol. The summed E-state index contributed by atoms with van der Waals surface area (Å²) in [5.74, 6) is -0.178. The number of hydrogen-bond donors (Lipinski definition) is 1. The Morgan fingerprint density at radius 1 is 1.09 bits per heavy atom. The van der Waals surface area contributed by atoms with E-state index in [9.17, 15) is 13.2 Å². The van der Waals surface area contributed by atoms with Crippen LogP contribution in [-0.4, -0.2) is 46.5 Å². The van der Waals surface area contributed by atoms with Crippen molar-refractivity contribution in [3.63, 3.8) is 0 Å². The van der Waals surface area contributed by atoms with Gasteiger partial charge in [-0.25, -0.2) is 13.4 Å². The fraction of sp³-hybridized carbons (Fsp3) is 0.458. The molecule has 1 aromatic carbocycles. The lowest BCUT2D eigenvalue weighted by atomic mass is 10.0. The van der Waals surface area contributed by atoms with Crippen LogP contribution in [0.1, 0.15) is 67.2 Å². The van der Waals surface area contributed by atoms with Crippen molar-refractivity contribution in [3.8, 4) is 0 Å². The highest BCUT2D eigenvalue weighted by Gasteiger charge is 2.26. The molecule has 0 radical (unpaired) electrons. The van der Waals surface area contributed by atoms with Crippen LogP contribution in [0.2, 0.25) is 0 Å². The molecular weight excluding hydrogens is 438 g/mol. The number of carbonyl (C=O) groups is 1. The summed E-state index contributed by atoms with van der Waals surface area (Å²) in [6.07, 6.45) is 3.84. The predicted molar refractivity (Wildman–Crippen MR) is 129 cm³/mol. The van der Waals surface area contributed by atoms with Crippen molar-refractivity contribution in [3.05, 3.63) is 47.3 Å². The fourth-order valence-electron chi connectivity index (χ4n) is 4.30. The van der Waals surface area contributed by atoms with Crippen molar-refractivity contribution < 1.29 is 13.2 Å². The molecule has 2 aromatic heterocycles. The summed E-state index contributed by atoms with van der Waals surface area (Å²) < 4.78 is 29.6. The largest absolute Gasteiger partial charge is 0.322 e. The zero-order valence-electron chi connectivity index (χ0n) is 19.6. The molecule has 0 saturated carbocycles. The summed E-state index contributed by atoms with van der Waals surface area (Å²) in [6, 6.07) is 8.29. The third-order valence-corrected chi connectivity index (χ3v) is 8.01. The molecule has 1 amide bonds. The van der Waals surface area contributed by atoms with Gasteiger partial charge in [-0.15, -0.1) is 0 Å². The first-order valence-electron chi connectivity index (χ1n) is 11.4. The topological polar surface area (TPSA) is 97.2 Å². The van der Waals surface area contributed by atoms with Crippen LogP contribution in [0.15, 0.2) is 35.2 Å². The maximum absolute atomic E-state index is 13.3. The van der Waals surface area contributed by atoms with Crippen LogP contribution in [0.5, 0.6) is 0 Å². The van der Waals surface area contributed by atoms with Gasteiger partial charge in [-0.05, 0) is 49.9 Å². The van der Waals surface area contributed by atoms with Crippen molar-refractivity contribution in [2.75, 3.05) is 18.4 Å². The van der Waals surface area contributed by atoms with E-state index in [2.05, 4.69) is 15.4 Å². The fourth-order valence-corrected chi connectivity index (χ4v) is 5.87. The molecule has 33 heavy (non-hydrogen) atoms. The van der Waals surface area contributed by atoms with E-state index in [-0.39, 0.29) is 16.7 Å². The summed E-state index contributed by atoms with van der Waals surface area (Å²) in [7, 11) is -1.79. The van der Waals surface area contributed by atoms with E-state index in [0.29, 0.717) is 35.4 Å². The third kappa shape index (κ3) is 4.65. The van der Waals surface area contributed by atoms with Gasteiger partial charge in [0, 0.05) is 31.5 Å². The van der Waals surface area contributed by atoms with Gasteiger partial charge in [0.05, 0.1) is 21.5 Å². The summed E-state index contributed by atoms with van der Waals surface area (Å²) in [5.41, 5.74) is 3.09. The van der Waals surface area contributed by atoms with Gasteiger partial charge in [0.15, 0.2) is 5.65 Å². The van der Waals surface area contributed by atoms with Gasteiger partial charge in [0.1, 0.15) is 0 Å². The maximum Gasteiger partial charge on any atom is 0.256 e. The second-order valence-electron chi connectivity index (χ2n) is 8.96. The number of aryl methyl sites for hydroxylation is 2. The van der Waals surface area contributed by atoms with Crippen molar-refractivity contribution in [1.29, 1.82) is 0 Å². The lowest BCUT2D eigenvalue weighted by Gasteiger charge is -2.20. The molecule has 0 atom stereocenters. The Morgan fingerprint density at radius 3 is 2.45 bits per heavy atom. The molecule has 176 valence electrons. The first-order chi connectivity index (χ1) is 15.7. The number of amides is 1. The number of aromatic nitrogens is 3. The second kappa shape index (κ2) is 9.23. The number of benzene rings is 1. The number of nitrogens with zero attached hydrogens (tertiary/aromatic N) is 4. The summed E-state index contributed by atoms with van der Waals surface area (Å²) in [4.78, 5) is 18.2. The minimum Gasteiger partial charge on any atom is -0.322 e. The number of hydrogen-bond acceptors (Lipinski definition) is 5. The Morgan fingerprint density at radius 2 is 1.79 bits per heavy atom. The highest BCUT2D eigenvalue weighted by molar-refractivity contribution is 7.89. The summed E-state index contributed by atoms with van der Waals surface area (Å²) >= 11 is 0. The highest BCUT2D eigenvalue weighted by atomic mass is 32.2. The van der Waals surface area contributed by atoms with E-state index < -0.39 is 10.0 Å². The number of carbonyl (C=O) groups excluding carboxylic acids is 1. The molecule has 0 aliphatic carbocycles. The molecule has 1 N–H and O–H groups in total. The first-order valence-corrected chi connectivity index (χ1v) is 12.9. The molecule has 1 fully saturated rings. The van der Waals surface area contributed by atoms with Crippen LogP contribution < -0.4 is 5.32 Å². The molecule has 0 bridgehead atoms. The Labute approximate surface area is 195 Å². The minimum atomic E-state index is -3.61. The molecule has 9 heteroatoms. The molecule has 0 spiro atoms. The average molecular weight is 470 g/mol.